The third-order valence-corrected chi connectivity index (χ3v) is 4.37. The Kier molecular flexibility index (Phi) is 4.34. The predicted molar refractivity (Wildman–Crippen MR) is 76.7 cm³/mol. The Balaban J connectivity index is 1.62. The summed E-state index contributed by atoms with van der Waals surface area (Å²) in [6.45, 7) is 1.33. The van der Waals surface area contributed by atoms with E-state index in [0.717, 1.165) is 5.82 Å². The van der Waals surface area contributed by atoms with Crippen LogP contribution in [0.2, 0.25) is 0 Å². The number of hydrogen-bond acceptors (Lipinski definition) is 6. The molecule has 1 saturated heterocycles. The van der Waals surface area contributed by atoms with Crippen LogP contribution >= 0.6 is 11.8 Å². The number of likely N-dealkylation sites (N-methyl/N-ethyl adjacent to an activating group) is 1. The molecule has 1 aliphatic rings. The molecule has 106 valence electrons. The zero-order valence-electron chi connectivity index (χ0n) is 11.3. The zero-order valence-corrected chi connectivity index (χ0v) is 12.1. The Labute approximate surface area is 122 Å². The van der Waals surface area contributed by atoms with E-state index in [-0.39, 0.29) is 12.0 Å². The second-order valence-corrected chi connectivity index (χ2v) is 5.74. The first-order chi connectivity index (χ1) is 9.86. The lowest BCUT2D eigenvalue weighted by molar-refractivity contribution is 0.185. The molecule has 0 aliphatic carbocycles. The van der Waals surface area contributed by atoms with Crippen LogP contribution in [0.1, 0.15) is 17.6 Å². The maximum absolute atomic E-state index is 5.46. The van der Waals surface area contributed by atoms with Crippen LogP contribution in [0.3, 0.4) is 0 Å². The number of rotatable bonds is 5. The first kappa shape index (κ1) is 13.6. The van der Waals surface area contributed by atoms with Gasteiger partial charge in [-0.3, -0.25) is 0 Å². The van der Waals surface area contributed by atoms with E-state index in [4.69, 9.17) is 9.26 Å². The highest BCUT2D eigenvalue weighted by Gasteiger charge is 2.32. The summed E-state index contributed by atoms with van der Waals surface area (Å²) in [6, 6.07) is 10.5. The first-order valence-corrected chi connectivity index (χ1v) is 7.60. The lowest BCUT2D eigenvalue weighted by Gasteiger charge is -2.11. The van der Waals surface area contributed by atoms with Crippen molar-refractivity contribution in [3.05, 3.63) is 42.0 Å². The van der Waals surface area contributed by atoms with Crippen LogP contribution in [0, 0.1) is 0 Å². The molecule has 6 heteroatoms. The molecule has 20 heavy (non-hydrogen) atoms. The van der Waals surface area contributed by atoms with E-state index in [1.54, 1.807) is 11.8 Å². The van der Waals surface area contributed by atoms with Crippen LogP contribution in [0.15, 0.2) is 39.8 Å². The van der Waals surface area contributed by atoms with Gasteiger partial charge in [0.15, 0.2) is 5.82 Å². The van der Waals surface area contributed by atoms with Gasteiger partial charge in [0.2, 0.25) is 5.89 Å². The van der Waals surface area contributed by atoms with Crippen molar-refractivity contribution >= 4 is 11.8 Å². The molecule has 2 unspecified atom stereocenters. The number of nitrogens with zero attached hydrogens (tertiary/aromatic N) is 2. The summed E-state index contributed by atoms with van der Waals surface area (Å²) in [6.07, 6.45) is 0. The van der Waals surface area contributed by atoms with Gasteiger partial charge < -0.3 is 14.6 Å². The van der Waals surface area contributed by atoms with E-state index in [2.05, 4.69) is 27.6 Å². The van der Waals surface area contributed by atoms with Crippen LogP contribution in [0.5, 0.6) is 0 Å². The van der Waals surface area contributed by atoms with Gasteiger partial charge >= 0.3 is 0 Å². The van der Waals surface area contributed by atoms with Gasteiger partial charge in [0.25, 0.3) is 0 Å². The molecule has 0 bridgehead atoms. The van der Waals surface area contributed by atoms with Crippen LogP contribution in [0.4, 0.5) is 0 Å². The standard InChI is InChI=1S/C14H17N3O2S/c1-15-12-8-18-7-11(12)14-16-13(17-19-14)9-20-10-5-3-2-4-6-10/h2-6,11-12,15H,7-9H2,1H3. The molecule has 3 rings (SSSR count). The average molecular weight is 291 g/mol. The highest BCUT2D eigenvalue weighted by Crippen LogP contribution is 2.26. The molecule has 0 spiro atoms. The number of hydrogen-bond donors (Lipinski definition) is 1. The fourth-order valence-corrected chi connectivity index (χ4v) is 2.99. The highest BCUT2D eigenvalue weighted by molar-refractivity contribution is 7.98. The SMILES string of the molecule is CNC1COCC1c1nc(CSc2ccccc2)no1. The summed E-state index contributed by atoms with van der Waals surface area (Å²) >= 11 is 1.70. The number of aromatic nitrogens is 2. The average Bonchev–Trinajstić information content (AvgIpc) is 3.14. The molecule has 1 aromatic heterocycles. The van der Waals surface area contributed by atoms with E-state index in [9.17, 15) is 0 Å². The Morgan fingerprint density at radius 2 is 2.15 bits per heavy atom. The minimum atomic E-state index is 0.156. The third-order valence-electron chi connectivity index (χ3n) is 3.36. The van der Waals surface area contributed by atoms with Gasteiger partial charge in [-0.05, 0) is 19.2 Å². The normalized spacial score (nSPS) is 22.2. The third kappa shape index (κ3) is 3.03. The van der Waals surface area contributed by atoms with Crippen molar-refractivity contribution in [1.82, 2.24) is 15.5 Å². The van der Waals surface area contributed by atoms with Gasteiger partial charge in [0, 0.05) is 10.9 Å². The molecular weight excluding hydrogens is 274 g/mol. The molecule has 1 aliphatic heterocycles. The maximum Gasteiger partial charge on any atom is 0.233 e. The molecule has 2 atom stereocenters. The van der Waals surface area contributed by atoms with Crippen LogP contribution in [0.25, 0.3) is 0 Å². The Bertz CT molecular complexity index is 546. The Morgan fingerprint density at radius 1 is 1.30 bits per heavy atom. The Hall–Kier alpha value is -1.37. The van der Waals surface area contributed by atoms with Gasteiger partial charge in [0.05, 0.1) is 24.9 Å². The van der Waals surface area contributed by atoms with Crippen molar-refractivity contribution in [2.24, 2.45) is 0 Å². The van der Waals surface area contributed by atoms with Crippen molar-refractivity contribution in [3.8, 4) is 0 Å². The van der Waals surface area contributed by atoms with E-state index in [1.165, 1.54) is 4.90 Å². The van der Waals surface area contributed by atoms with Gasteiger partial charge in [-0.15, -0.1) is 11.8 Å². The Morgan fingerprint density at radius 3 is 2.95 bits per heavy atom. The molecule has 1 aromatic carbocycles. The van der Waals surface area contributed by atoms with Crippen molar-refractivity contribution in [1.29, 1.82) is 0 Å². The quantitative estimate of drug-likeness (QED) is 0.851. The molecule has 2 heterocycles. The van der Waals surface area contributed by atoms with E-state index >= 15 is 0 Å². The van der Waals surface area contributed by atoms with E-state index < -0.39 is 0 Å². The molecular formula is C14H17N3O2S. The minimum absolute atomic E-state index is 0.156. The molecule has 0 saturated carbocycles. The lowest BCUT2D eigenvalue weighted by atomic mass is 10.0. The molecule has 1 N–H and O–H groups in total. The van der Waals surface area contributed by atoms with Gasteiger partial charge in [-0.25, -0.2) is 0 Å². The van der Waals surface area contributed by atoms with Crippen molar-refractivity contribution < 1.29 is 9.26 Å². The summed E-state index contributed by atoms with van der Waals surface area (Å²) in [4.78, 5) is 5.69. The molecule has 2 aromatic rings. The van der Waals surface area contributed by atoms with Crippen LogP contribution in [-0.4, -0.2) is 36.4 Å². The number of ether oxygens (including phenoxy) is 1. The second-order valence-electron chi connectivity index (χ2n) is 4.69. The largest absolute Gasteiger partial charge is 0.379 e. The number of benzene rings is 1. The zero-order chi connectivity index (χ0) is 13.8. The predicted octanol–water partition coefficient (Wildman–Crippen LogP) is 2.06. The van der Waals surface area contributed by atoms with Gasteiger partial charge in [-0.2, -0.15) is 4.98 Å². The summed E-state index contributed by atoms with van der Waals surface area (Å²) in [5.41, 5.74) is 0. The van der Waals surface area contributed by atoms with Crippen molar-refractivity contribution in [3.63, 3.8) is 0 Å². The van der Waals surface area contributed by atoms with Crippen LogP contribution in [-0.2, 0) is 10.5 Å². The smallest absolute Gasteiger partial charge is 0.233 e. The second kappa shape index (κ2) is 6.39. The minimum Gasteiger partial charge on any atom is -0.379 e. The van der Waals surface area contributed by atoms with Crippen molar-refractivity contribution in [2.45, 2.75) is 22.6 Å². The molecule has 1 fully saturated rings. The summed E-state index contributed by atoms with van der Waals surface area (Å²) in [7, 11) is 1.93. The summed E-state index contributed by atoms with van der Waals surface area (Å²) in [5.74, 6) is 2.27. The van der Waals surface area contributed by atoms with Gasteiger partial charge in [-0.1, -0.05) is 23.4 Å². The van der Waals surface area contributed by atoms with E-state index in [0.29, 0.717) is 24.9 Å². The fraction of sp³-hybridized carbons (Fsp3) is 0.429. The van der Waals surface area contributed by atoms with Gasteiger partial charge in [0.1, 0.15) is 0 Å². The van der Waals surface area contributed by atoms with Crippen molar-refractivity contribution in [2.75, 3.05) is 20.3 Å². The summed E-state index contributed by atoms with van der Waals surface area (Å²) < 4.78 is 10.8. The maximum atomic E-state index is 5.46. The lowest BCUT2D eigenvalue weighted by Crippen LogP contribution is -2.31. The molecule has 0 amide bonds. The van der Waals surface area contributed by atoms with E-state index in [1.807, 2.05) is 25.2 Å². The first-order valence-electron chi connectivity index (χ1n) is 6.62. The van der Waals surface area contributed by atoms with Crippen LogP contribution < -0.4 is 5.32 Å². The number of nitrogens with one attached hydrogen (secondary N) is 1. The number of thioether (sulfide) groups is 1. The fourth-order valence-electron chi connectivity index (χ4n) is 2.22. The molecule has 5 nitrogen and oxygen atoms in total. The molecule has 0 radical (unpaired) electrons. The monoisotopic (exact) mass is 291 g/mol. The highest BCUT2D eigenvalue weighted by atomic mass is 32.2. The topological polar surface area (TPSA) is 60.2 Å². The summed E-state index contributed by atoms with van der Waals surface area (Å²) in [5, 5.41) is 7.28.